The Bertz CT molecular complexity index is 232. The highest BCUT2D eigenvalue weighted by molar-refractivity contribution is 5.76. The van der Waals surface area contributed by atoms with Gasteiger partial charge in [-0.05, 0) is 50.0 Å². The van der Waals surface area contributed by atoms with Gasteiger partial charge in [0.25, 0.3) is 0 Å². The second-order valence-electron chi connectivity index (χ2n) is 5.73. The van der Waals surface area contributed by atoms with E-state index in [4.69, 9.17) is 5.73 Å². The first-order valence-corrected chi connectivity index (χ1v) is 6.67. The first kappa shape index (κ1) is 11.9. The molecule has 3 heteroatoms. The summed E-state index contributed by atoms with van der Waals surface area (Å²) >= 11 is 0. The molecule has 92 valence electrons. The van der Waals surface area contributed by atoms with Crippen molar-refractivity contribution in [3.63, 3.8) is 0 Å². The van der Waals surface area contributed by atoms with Crippen molar-refractivity contribution in [1.29, 1.82) is 0 Å². The quantitative estimate of drug-likeness (QED) is 0.714. The van der Waals surface area contributed by atoms with Crippen molar-refractivity contribution in [1.82, 2.24) is 4.90 Å². The van der Waals surface area contributed by atoms with E-state index in [-0.39, 0.29) is 0 Å². The van der Waals surface area contributed by atoms with Crippen molar-refractivity contribution in [3.05, 3.63) is 0 Å². The van der Waals surface area contributed by atoms with E-state index in [0.29, 0.717) is 24.8 Å². The third kappa shape index (κ3) is 3.78. The summed E-state index contributed by atoms with van der Waals surface area (Å²) in [7, 11) is 0. The number of hydrogen-bond donors (Lipinski definition) is 1. The van der Waals surface area contributed by atoms with Crippen molar-refractivity contribution < 1.29 is 4.79 Å². The van der Waals surface area contributed by atoms with E-state index >= 15 is 0 Å². The highest BCUT2D eigenvalue weighted by Crippen LogP contribution is 2.34. The summed E-state index contributed by atoms with van der Waals surface area (Å²) in [6.07, 6.45) is 5.92. The minimum atomic E-state index is 0.327. The second-order valence-corrected chi connectivity index (χ2v) is 5.73. The second kappa shape index (κ2) is 5.17. The minimum absolute atomic E-state index is 0.327. The zero-order chi connectivity index (χ0) is 11.5. The molecule has 0 saturated heterocycles. The average molecular weight is 224 g/mol. The molecule has 2 N–H and O–H groups in total. The molecule has 1 amide bonds. The molecule has 0 aliphatic heterocycles. The van der Waals surface area contributed by atoms with Crippen molar-refractivity contribution in [2.45, 2.75) is 39.0 Å². The molecule has 1 unspecified atom stereocenters. The van der Waals surface area contributed by atoms with E-state index in [0.717, 1.165) is 24.9 Å². The summed E-state index contributed by atoms with van der Waals surface area (Å²) in [4.78, 5) is 14.2. The standard InChI is InChI=1S/C13H24N2O/c1-10(7-14)6-13(16)15(8-11-2-3-11)9-12-4-5-12/h10-12H,2-9,14H2,1H3. The molecule has 0 aromatic carbocycles. The van der Waals surface area contributed by atoms with Gasteiger partial charge in [0.1, 0.15) is 0 Å². The Labute approximate surface area is 98.4 Å². The van der Waals surface area contributed by atoms with Crippen LogP contribution in [-0.4, -0.2) is 30.4 Å². The third-order valence-electron chi connectivity index (χ3n) is 3.63. The van der Waals surface area contributed by atoms with E-state index in [2.05, 4.69) is 11.8 Å². The Balaban J connectivity index is 1.79. The van der Waals surface area contributed by atoms with Crippen LogP contribution in [0.15, 0.2) is 0 Å². The highest BCUT2D eigenvalue weighted by Gasteiger charge is 2.31. The molecule has 2 aliphatic carbocycles. The number of nitrogens with zero attached hydrogens (tertiary/aromatic N) is 1. The number of carbonyl (C=O) groups excluding carboxylic acids is 1. The lowest BCUT2D eigenvalue weighted by molar-refractivity contribution is -0.132. The zero-order valence-corrected chi connectivity index (χ0v) is 10.3. The van der Waals surface area contributed by atoms with Crippen LogP contribution < -0.4 is 5.73 Å². The Kier molecular flexibility index (Phi) is 3.85. The summed E-state index contributed by atoms with van der Waals surface area (Å²) in [6, 6.07) is 0. The molecule has 0 aromatic heterocycles. The normalized spacial score (nSPS) is 21.9. The fourth-order valence-electron chi connectivity index (χ4n) is 2.01. The molecule has 0 heterocycles. The number of amides is 1. The van der Waals surface area contributed by atoms with E-state index in [9.17, 15) is 4.79 Å². The van der Waals surface area contributed by atoms with Crippen LogP contribution in [-0.2, 0) is 4.79 Å². The van der Waals surface area contributed by atoms with Gasteiger partial charge in [-0.2, -0.15) is 0 Å². The molecule has 2 saturated carbocycles. The molecule has 0 aromatic rings. The molecule has 3 nitrogen and oxygen atoms in total. The van der Waals surface area contributed by atoms with Gasteiger partial charge in [0, 0.05) is 19.5 Å². The van der Waals surface area contributed by atoms with E-state index in [1.165, 1.54) is 25.7 Å². The summed E-state index contributed by atoms with van der Waals surface area (Å²) < 4.78 is 0. The lowest BCUT2D eigenvalue weighted by Gasteiger charge is -2.24. The van der Waals surface area contributed by atoms with Crippen LogP contribution in [0.2, 0.25) is 0 Å². The number of nitrogens with two attached hydrogens (primary N) is 1. The van der Waals surface area contributed by atoms with Crippen molar-refractivity contribution in [2.75, 3.05) is 19.6 Å². The lowest BCUT2D eigenvalue weighted by Crippen LogP contribution is -2.36. The molecule has 2 fully saturated rings. The molecule has 2 aliphatic rings. The Morgan fingerprint density at radius 2 is 1.75 bits per heavy atom. The van der Waals surface area contributed by atoms with Gasteiger partial charge < -0.3 is 10.6 Å². The predicted octanol–water partition coefficient (Wildman–Crippen LogP) is 1.62. The summed E-state index contributed by atoms with van der Waals surface area (Å²) in [5.41, 5.74) is 5.58. The fraction of sp³-hybridized carbons (Fsp3) is 0.923. The summed E-state index contributed by atoms with van der Waals surface area (Å²) in [6.45, 7) is 4.69. The van der Waals surface area contributed by atoms with Gasteiger partial charge in [-0.1, -0.05) is 6.92 Å². The van der Waals surface area contributed by atoms with Gasteiger partial charge in [-0.3, -0.25) is 4.79 Å². The zero-order valence-electron chi connectivity index (χ0n) is 10.3. The smallest absolute Gasteiger partial charge is 0.222 e. The molecule has 0 radical (unpaired) electrons. The molecule has 0 spiro atoms. The van der Waals surface area contributed by atoms with E-state index < -0.39 is 0 Å². The van der Waals surface area contributed by atoms with Crippen molar-refractivity contribution in [3.8, 4) is 0 Å². The van der Waals surface area contributed by atoms with Crippen LogP contribution in [0.3, 0.4) is 0 Å². The van der Waals surface area contributed by atoms with Crippen molar-refractivity contribution >= 4 is 5.91 Å². The minimum Gasteiger partial charge on any atom is -0.342 e. The summed E-state index contributed by atoms with van der Waals surface area (Å²) in [5.74, 6) is 2.26. The maximum absolute atomic E-state index is 12.1. The topological polar surface area (TPSA) is 46.3 Å². The monoisotopic (exact) mass is 224 g/mol. The van der Waals surface area contributed by atoms with E-state index in [1.54, 1.807) is 0 Å². The third-order valence-corrected chi connectivity index (χ3v) is 3.63. The van der Waals surface area contributed by atoms with Crippen molar-refractivity contribution in [2.24, 2.45) is 23.5 Å². The van der Waals surface area contributed by atoms with Gasteiger partial charge in [-0.15, -0.1) is 0 Å². The van der Waals surface area contributed by atoms with Gasteiger partial charge >= 0.3 is 0 Å². The fourth-order valence-corrected chi connectivity index (χ4v) is 2.01. The van der Waals surface area contributed by atoms with Gasteiger partial charge in [0.2, 0.25) is 5.91 Å². The van der Waals surface area contributed by atoms with Gasteiger partial charge in [0.15, 0.2) is 0 Å². The van der Waals surface area contributed by atoms with Crippen LogP contribution >= 0.6 is 0 Å². The van der Waals surface area contributed by atoms with Crippen LogP contribution in [0.5, 0.6) is 0 Å². The molecule has 0 bridgehead atoms. The number of rotatable bonds is 7. The number of carbonyl (C=O) groups is 1. The maximum atomic E-state index is 12.1. The SMILES string of the molecule is CC(CN)CC(=O)N(CC1CC1)CC1CC1. The highest BCUT2D eigenvalue weighted by atomic mass is 16.2. The molecular formula is C13H24N2O. The first-order chi connectivity index (χ1) is 7.69. The van der Waals surface area contributed by atoms with Crippen LogP contribution in [0, 0.1) is 17.8 Å². The predicted molar refractivity (Wildman–Crippen MR) is 64.9 cm³/mol. The molecule has 2 rings (SSSR count). The Morgan fingerprint density at radius 3 is 2.12 bits per heavy atom. The van der Waals surface area contributed by atoms with Gasteiger partial charge in [0.05, 0.1) is 0 Å². The lowest BCUT2D eigenvalue weighted by atomic mass is 10.1. The van der Waals surface area contributed by atoms with Crippen LogP contribution in [0.1, 0.15) is 39.0 Å². The Morgan fingerprint density at radius 1 is 1.25 bits per heavy atom. The average Bonchev–Trinajstić information content (AvgIpc) is 3.10. The van der Waals surface area contributed by atoms with Crippen LogP contribution in [0.25, 0.3) is 0 Å². The summed E-state index contributed by atoms with van der Waals surface area (Å²) in [5, 5.41) is 0. The van der Waals surface area contributed by atoms with Crippen LogP contribution in [0.4, 0.5) is 0 Å². The number of hydrogen-bond acceptors (Lipinski definition) is 2. The molecule has 1 atom stereocenters. The molecule has 16 heavy (non-hydrogen) atoms. The van der Waals surface area contributed by atoms with Gasteiger partial charge in [-0.25, -0.2) is 0 Å². The first-order valence-electron chi connectivity index (χ1n) is 6.67. The van der Waals surface area contributed by atoms with E-state index in [1.807, 2.05) is 0 Å². The molecular weight excluding hydrogens is 200 g/mol. The maximum Gasteiger partial charge on any atom is 0.222 e. The Hall–Kier alpha value is -0.570. The largest absolute Gasteiger partial charge is 0.342 e.